The van der Waals surface area contributed by atoms with E-state index in [-0.39, 0.29) is 23.4 Å². The second kappa shape index (κ2) is 4.39. The van der Waals surface area contributed by atoms with Crippen LogP contribution in [0.1, 0.15) is 39.3 Å². The first-order valence-corrected chi connectivity index (χ1v) is 6.86. The van der Waals surface area contributed by atoms with Crippen LogP contribution >= 0.6 is 0 Å². The minimum absolute atomic E-state index is 0.181. The molecule has 0 bridgehead atoms. The minimum atomic E-state index is -0.280. The highest BCUT2D eigenvalue weighted by atomic mass is 16.3. The molecule has 112 valence electrons. The third-order valence-corrected chi connectivity index (χ3v) is 3.39. The molecule has 0 saturated heterocycles. The van der Waals surface area contributed by atoms with Crippen molar-refractivity contribution in [2.45, 2.75) is 46.3 Å². The van der Waals surface area contributed by atoms with Gasteiger partial charge in [0.25, 0.3) is 5.56 Å². The number of H-pyrrole nitrogens is 1. The number of hydrogen-bond donors (Lipinski definition) is 2. The van der Waals surface area contributed by atoms with Crippen LogP contribution in [0, 0.1) is 0 Å². The summed E-state index contributed by atoms with van der Waals surface area (Å²) in [6.07, 6.45) is 0. The van der Waals surface area contributed by atoms with E-state index < -0.39 is 0 Å². The maximum absolute atomic E-state index is 12.6. The fourth-order valence-electron chi connectivity index (χ4n) is 2.26. The highest BCUT2D eigenvalue weighted by molar-refractivity contribution is 5.72. The molecule has 3 aromatic heterocycles. The molecule has 3 heterocycles. The van der Waals surface area contributed by atoms with E-state index in [4.69, 9.17) is 0 Å². The fraction of sp³-hybridized carbons (Fsp3) is 0.538. The number of nitrogens with zero attached hydrogens (tertiary/aromatic N) is 5. The number of fused-ring (bicyclic) bond motifs is 3. The number of aromatic amines is 1. The largest absolute Gasteiger partial charge is 0.388 e. The van der Waals surface area contributed by atoms with Gasteiger partial charge in [0.15, 0.2) is 17.0 Å². The number of nitrogens with one attached hydrogen (secondary N) is 1. The molecule has 0 aliphatic heterocycles. The molecule has 0 aliphatic carbocycles. The van der Waals surface area contributed by atoms with Gasteiger partial charge in [0.2, 0.25) is 5.78 Å². The zero-order chi connectivity index (χ0) is 15.4. The predicted octanol–water partition coefficient (Wildman–Crippen LogP) is 0.577. The van der Waals surface area contributed by atoms with Crippen molar-refractivity contribution in [1.82, 2.24) is 29.1 Å². The van der Waals surface area contributed by atoms with E-state index in [1.54, 1.807) is 0 Å². The van der Waals surface area contributed by atoms with E-state index in [1.165, 1.54) is 9.08 Å². The molecule has 0 saturated carbocycles. The van der Waals surface area contributed by atoms with Crippen molar-refractivity contribution in [3.8, 4) is 0 Å². The van der Waals surface area contributed by atoms with E-state index in [0.717, 1.165) is 0 Å². The summed E-state index contributed by atoms with van der Waals surface area (Å²) in [5.41, 5.74) is 0.454. The fourth-order valence-corrected chi connectivity index (χ4v) is 2.26. The molecule has 3 aromatic rings. The van der Waals surface area contributed by atoms with Gasteiger partial charge in [-0.15, -0.1) is 5.10 Å². The molecule has 0 fully saturated rings. The van der Waals surface area contributed by atoms with Gasteiger partial charge in [-0.1, -0.05) is 20.8 Å². The first-order valence-electron chi connectivity index (χ1n) is 6.86. The average molecular weight is 290 g/mol. The summed E-state index contributed by atoms with van der Waals surface area (Å²) in [4.78, 5) is 24.4. The Bertz CT molecular complexity index is 880. The van der Waals surface area contributed by atoms with Gasteiger partial charge >= 0.3 is 0 Å². The number of aliphatic hydroxyl groups is 1. The van der Waals surface area contributed by atoms with E-state index in [9.17, 15) is 9.90 Å². The monoisotopic (exact) mass is 290 g/mol. The maximum Gasteiger partial charge on any atom is 0.281 e. The van der Waals surface area contributed by atoms with Crippen molar-refractivity contribution in [2.24, 2.45) is 0 Å². The Kier molecular flexibility index (Phi) is 2.87. The third kappa shape index (κ3) is 1.94. The Hall–Kier alpha value is -2.22. The first-order chi connectivity index (χ1) is 9.86. The van der Waals surface area contributed by atoms with Crippen LogP contribution in [-0.2, 0) is 18.6 Å². The molecule has 0 radical (unpaired) electrons. The summed E-state index contributed by atoms with van der Waals surface area (Å²) in [6, 6.07) is 0. The molecule has 0 aromatic carbocycles. The zero-order valence-corrected chi connectivity index (χ0v) is 12.5. The second-order valence-electron chi connectivity index (χ2n) is 5.98. The Morgan fingerprint density at radius 1 is 1.29 bits per heavy atom. The highest BCUT2D eigenvalue weighted by Gasteiger charge is 2.23. The molecule has 3 rings (SSSR count). The minimum Gasteiger partial charge on any atom is -0.388 e. The molecule has 0 aliphatic rings. The van der Waals surface area contributed by atoms with Crippen LogP contribution < -0.4 is 5.56 Å². The average Bonchev–Trinajstić information content (AvgIpc) is 3.02. The first kappa shape index (κ1) is 13.7. The van der Waals surface area contributed by atoms with Crippen LogP contribution in [0.25, 0.3) is 16.9 Å². The van der Waals surface area contributed by atoms with Gasteiger partial charge in [0.05, 0.1) is 0 Å². The summed E-state index contributed by atoms with van der Waals surface area (Å²) in [5.74, 6) is 1.38. The van der Waals surface area contributed by atoms with E-state index >= 15 is 0 Å². The number of rotatable bonds is 2. The molecule has 8 heteroatoms. The van der Waals surface area contributed by atoms with Gasteiger partial charge in [0.1, 0.15) is 12.4 Å². The summed E-state index contributed by atoms with van der Waals surface area (Å²) in [5, 5.41) is 13.4. The van der Waals surface area contributed by atoms with Gasteiger partial charge < -0.3 is 10.1 Å². The van der Waals surface area contributed by atoms with Crippen LogP contribution in [0.15, 0.2) is 4.79 Å². The lowest BCUT2D eigenvalue weighted by Crippen LogP contribution is -2.22. The summed E-state index contributed by atoms with van der Waals surface area (Å²) in [7, 11) is 0. The van der Waals surface area contributed by atoms with Crippen LogP contribution in [0.5, 0.6) is 0 Å². The Labute approximate surface area is 120 Å². The van der Waals surface area contributed by atoms with Crippen molar-refractivity contribution in [2.75, 3.05) is 0 Å². The molecule has 21 heavy (non-hydrogen) atoms. The van der Waals surface area contributed by atoms with Crippen molar-refractivity contribution in [3.63, 3.8) is 0 Å². The molecule has 0 spiro atoms. The van der Waals surface area contributed by atoms with Crippen LogP contribution in [0.3, 0.4) is 0 Å². The third-order valence-electron chi connectivity index (χ3n) is 3.39. The number of aliphatic hydroxyl groups excluding tert-OH is 1. The highest BCUT2D eigenvalue weighted by Crippen LogP contribution is 2.21. The zero-order valence-electron chi connectivity index (χ0n) is 12.5. The maximum atomic E-state index is 12.6. The van der Waals surface area contributed by atoms with E-state index in [0.29, 0.717) is 29.3 Å². The Morgan fingerprint density at radius 2 is 2.00 bits per heavy atom. The molecular weight excluding hydrogens is 272 g/mol. The summed E-state index contributed by atoms with van der Waals surface area (Å²) < 4.78 is 3.02. The summed E-state index contributed by atoms with van der Waals surface area (Å²) in [6.45, 7) is 8.09. The molecule has 0 amide bonds. The Balaban J connectivity index is 2.49. The number of hydrogen-bond acceptors (Lipinski definition) is 5. The molecule has 0 unspecified atom stereocenters. The SMILES string of the molecule is CCn1c(=O)c2[nH]c(C(C)(C)C)nc2n2nc(CO)nc12. The van der Waals surface area contributed by atoms with E-state index in [1.807, 2.05) is 27.7 Å². The summed E-state index contributed by atoms with van der Waals surface area (Å²) >= 11 is 0. The van der Waals surface area contributed by atoms with Crippen molar-refractivity contribution >= 4 is 16.9 Å². The van der Waals surface area contributed by atoms with Crippen LogP contribution in [-0.4, -0.2) is 34.2 Å². The molecular formula is C13H18N6O2. The van der Waals surface area contributed by atoms with Crippen molar-refractivity contribution < 1.29 is 5.11 Å². The van der Waals surface area contributed by atoms with Gasteiger partial charge in [-0.25, -0.2) is 4.98 Å². The van der Waals surface area contributed by atoms with Crippen molar-refractivity contribution in [1.29, 1.82) is 0 Å². The van der Waals surface area contributed by atoms with E-state index in [2.05, 4.69) is 20.1 Å². The predicted molar refractivity (Wildman–Crippen MR) is 77.2 cm³/mol. The second-order valence-corrected chi connectivity index (χ2v) is 5.98. The molecule has 8 nitrogen and oxygen atoms in total. The van der Waals surface area contributed by atoms with Crippen molar-refractivity contribution in [3.05, 3.63) is 22.0 Å². The number of aromatic nitrogens is 6. The number of imidazole rings is 1. The van der Waals surface area contributed by atoms with Gasteiger partial charge in [0, 0.05) is 12.0 Å². The van der Waals surface area contributed by atoms with Crippen LogP contribution in [0.4, 0.5) is 0 Å². The smallest absolute Gasteiger partial charge is 0.281 e. The lowest BCUT2D eigenvalue weighted by molar-refractivity contribution is 0.271. The van der Waals surface area contributed by atoms with Crippen LogP contribution in [0.2, 0.25) is 0 Å². The molecule has 2 N–H and O–H groups in total. The number of aryl methyl sites for hydroxylation is 1. The quantitative estimate of drug-likeness (QED) is 0.719. The van der Waals surface area contributed by atoms with Gasteiger partial charge in [-0.3, -0.25) is 9.36 Å². The van der Waals surface area contributed by atoms with Gasteiger partial charge in [-0.05, 0) is 6.92 Å². The lowest BCUT2D eigenvalue weighted by Gasteiger charge is -2.13. The van der Waals surface area contributed by atoms with Gasteiger partial charge in [-0.2, -0.15) is 9.50 Å². The normalized spacial score (nSPS) is 12.6. The standard InChI is InChI=1S/C13H18N6O2/c1-5-18-10(21)8-9(16-11(15-8)13(2,3)4)19-12(18)14-7(6-20)17-19/h20H,5-6H2,1-4H3,(H,15,16). The Morgan fingerprint density at radius 3 is 2.57 bits per heavy atom. The topological polar surface area (TPSA) is 101 Å². The molecule has 0 atom stereocenters. The lowest BCUT2D eigenvalue weighted by atomic mass is 9.96.